The summed E-state index contributed by atoms with van der Waals surface area (Å²) in [6, 6.07) is 0.758. The molecule has 3 nitrogen and oxygen atoms in total. The molecule has 17 heavy (non-hydrogen) atoms. The summed E-state index contributed by atoms with van der Waals surface area (Å²) in [5, 5.41) is 4.47. The summed E-state index contributed by atoms with van der Waals surface area (Å²) >= 11 is 1.87. The van der Waals surface area contributed by atoms with Gasteiger partial charge in [0.25, 0.3) is 0 Å². The van der Waals surface area contributed by atoms with Crippen LogP contribution >= 0.6 is 11.3 Å². The Labute approximate surface area is 108 Å². The smallest absolute Gasteiger partial charge is 0.186 e. The van der Waals surface area contributed by atoms with Gasteiger partial charge in [-0.25, -0.2) is 4.98 Å². The highest BCUT2D eigenvalue weighted by atomic mass is 32.1. The van der Waals surface area contributed by atoms with Crippen molar-refractivity contribution in [3.63, 3.8) is 0 Å². The van der Waals surface area contributed by atoms with Gasteiger partial charge in [-0.05, 0) is 32.7 Å². The van der Waals surface area contributed by atoms with E-state index in [4.69, 9.17) is 4.98 Å². The van der Waals surface area contributed by atoms with E-state index in [1.165, 1.54) is 28.5 Å². The molecule has 0 atom stereocenters. The van der Waals surface area contributed by atoms with E-state index in [0.29, 0.717) is 5.92 Å². The second kappa shape index (κ2) is 5.36. The van der Waals surface area contributed by atoms with Crippen LogP contribution in [-0.4, -0.2) is 24.6 Å². The molecule has 2 rings (SSSR count). The van der Waals surface area contributed by atoms with Crippen molar-refractivity contribution < 1.29 is 0 Å². The zero-order valence-corrected chi connectivity index (χ0v) is 12.1. The zero-order valence-electron chi connectivity index (χ0n) is 11.3. The summed E-state index contributed by atoms with van der Waals surface area (Å²) < 4.78 is 0. The van der Waals surface area contributed by atoms with Crippen molar-refractivity contribution in [3.8, 4) is 0 Å². The average molecular weight is 253 g/mol. The van der Waals surface area contributed by atoms with Gasteiger partial charge in [0.2, 0.25) is 0 Å². The van der Waals surface area contributed by atoms with E-state index >= 15 is 0 Å². The predicted molar refractivity (Wildman–Crippen MR) is 75.0 cm³/mol. The first-order valence-corrected chi connectivity index (χ1v) is 7.39. The van der Waals surface area contributed by atoms with Crippen molar-refractivity contribution in [3.05, 3.63) is 10.6 Å². The number of rotatable bonds is 6. The first kappa shape index (κ1) is 12.8. The normalized spacial score (nSPS) is 15.6. The zero-order chi connectivity index (χ0) is 12.4. The number of nitrogens with zero attached hydrogens (tertiary/aromatic N) is 2. The van der Waals surface area contributed by atoms with E-state index in [9.17, 15) is 0 Å². The Morgan fingerprint density at radius 2 is 2.18 bits per heavy atom. The Hall–Kier alpha value is -0.610. The Bertz CT molecular complexity index is 369. The van der Waals surface area contributed by atoms with Gasteiger partial charge in [-0.15, -0.1) is 11.3 Å². The fraction of sp³-hybridized carbons (Fsp3) is 0.769. The molecular formula is C13H23N3S. The molecule has 0 bridgehead atoms. The van der Waals surface area contributed by atoms with Gasteiger partial charge in [0.05, 0.1) is 5.69 Å². The molecule has 0 spiro atoms. The van der Waals surface area contributed by atoms with Gasteiger partial charge in [-0.3, -0.25) is 0 Å². The maximum Gasteiger partial charge on any atom is 0.186 e. The van der Waals surface area contributed by atoms with E-state index < -0.39 is 0 Å². The molecule has 1 aromatic heterocycles. The third kappa shape index (κ3) is 2.80. The van der Waals surface area contributed by atoms with Crippen LogP contribution < -0.4 is 10.2 Å². The maximum absolute atomic E-state index is 4.87. The molecule has 1 aliphatic carbocycles. The summed E-state index contributed by atoms with van der Waals surface area (Å²) in [6.45, 7) is 8.70. The SMILES string of the molecule is CCN(c1nc(C(C)C)c(CNC)s1)C1CC1. The lowest BCUT2D eigenvalue weighted by Crippen LogP contribution is -2.24. The van der Waals surface area contributed by atoms with Crippen molar-refractivity contribution in [1.29, 1.82) is 0 Å². The van der Waals surface area contributed by atoms with Gasteiger partial charge in [0.1, 0.15) is 0 Å². The lowest BCUT2D eigenvalue weighted by Gasteiger charge is -2.18. The third-order valence-corrected chi connectivity index (χ3v) is 4.28. The largest absolute Gasteiger partial charge is 0.345 e. The van der Waals surface area contributed by atoms with Crippen LogP contribution in [-0.2, 0) is 6.54 Å². The Morgan fingerprint density at radius 3 is 2.65 bits per heavy atom. The van der Waals surface area contributed by atoms with Crippen LogP contribution in [0.25, 0.3) is 0 Å². The second-order valence-electron chi connectivity index (χ2n) is 5.01. The van der Waals surface area contributed by atoms with Crippen molar-refractivity contribution in [2.45, 2.75) is 52.1 Å². The minimum atomic E-state index is 0.515. The molecule has 0 aliphatic heterocycles. The van der Waals surface area contributed by atoms with E-state index in [2.05, 4.69) is 31.0 Å². The molecule has 1 N–H and O–H groups in total. The summed E-state index contributed by atoms with van der Waals surface area (Å²) in [5.74, 6) is 0.515. The standard InChI is InChI=1S/C13H23N3S/c1-5-16(10-6-7-10)13-15-12(9(2)3)11(17-13)8-14-4/h9-10,14H,5-8H2,1-4H3. The van der Waals surface area contributed by atoms with Gasteiger partial charge in [0.15, 0.2) is 5.13 Å². The molecule has 1 saturated carbocycles. The molecule has 0 amide bonds. The number of thiazole rings is 1. The lowest BCUT2D eigenvalue weighted by molar-refractivity contribution is 0.762. The second-order valence-corrected chi connectivity index (χ2v) is 6.07. The maximum atomic E-state index is 4.87. The fourth-order valence-corrected chi connectivity index (χ4v) is 3.51. The highest BCUT2D eigenvalue weighted by Gasteiger charge is 2.30. The van der Waals surface area contributed by atoms with Gasteiger partial charge in [0, 0.05) is 24.0 Å². The topological polar surface area (TPSA) is 28.2 Å². The summed E-state index contributed by atoms with van der Waals surface area (Å²) in [5.41, 5.74) is 1.28. The number of nitrogens with one attached hydrogen (secondary N) is 1. The average Bonchev–Trinajstić information content (AvgIpc) is 3.02. The summed E-state index contributed by atoms with van der Waals surface area (Å²) in [6.07, 6.45) is 2.68. The van der Waals surface area contributed by atoms with Crippen molar-refractivity contribution in [2.75, 3.05) is 18.5 Å². The van der Waals surface area contributed by atoms with Crippen molar-refractivity contribution >= 4 is 16.5 Å². The van der Waals surface area contributed by atoms with Gasteiger partial charge >= 0.3 is 0 Å². The molecular weight excluding hydrogens is 230 g/mol. The predicted octanol–water partition coefficient (Wildman–Crippen LogP) is 2.97. The van der Waals surface area contributed by atoms with Gasteiger partial charge in [-0.1, -0.05) is 13.8 Å². The lowest BCUT2D eigenvalue weighted by atomic mass is 10.1. The van der Waals surface area contributed by atoms with Crippen LogP contribution in [0.3, 0.4) is 0 Å². The van der Waals surface area contributed by atoms with Crippen LogP contribution in [0.5, 0.6) is 0 Å². The summed E-state index contributed by atoms with van der Waals surface area (Å²) in [7, 11) is 2.00. The van der Waals surface area contributed by atoms with Crippen LogP contribution in [0.4, 0.5) is 5.13 Å². The molecule has 1 aromatic rings. The van der Waals surface area contributed by atoms with Crippen LogP contribution in [0.1, 0.15) is 50.1 Å². The minimum Gasteiger partial charge on any atom is -0.345 e. The fourth-order valence-electron chi connectivity index (χ4n) is 2.15. The molecule has 0 unspecified atom stereocenters. The van der Waals surface area contributed by atoms with Crippen LogP contribution in [0.15, 0.2) is 0 Å². The van der Waals surface area contributed by atoms with Crippen LogP contribution in [0.2, 0.25) is 0 Å². The molecule has 96 valence electrons. The molecule has 0 radical (unpaired) electrons. The Morgan fingerprint density at radius 1 is 1.47 bits per heavy atom. The first-order chi connectivity index (χ1) is 8.17. The van der Waals surface area contributed by atoms with Crippen LogP contribution in [0, 0.1) is 0 Å². The quantitative estimate of drug-likeness (QED) is 0.845. The molecule has 0 saturated heterocycles. The highest BCUT2D eigenvalue weighted by Crippen LogP contribution is 2.36. The summed E-state index contributed by atoms with van der Waals surface area (Å²) in [4.78, 5) is 8.73. The van der Waals surface area contributed by atoms with Gasteiger partial charge in [-0.2, -0.15) is 0 Å². The number of anilines is 1. The van der Waals surface area contributed by atoms with Crippen molar-refractivity contribution in [2.24, 2.45) is 0 Å². The van der Waals surface area contributed by atoms with Crippen molar-refractivity contribution in [1.82, 2.24) is 10.3 Å². The monoisotopic (exact) mass is 253 g/mol. The Kier molecular flexibility index (Phi) is 4.05. The first-order valence-electron chi connectivity index (χ1n) is 6.58. The van der Waals surface area contributed by atoms with Gasteiger partial charge < -0.3 is 10.2 Å². The number of aromatic nitrogens is 1. The number of hydrogen-bond donors (Lipinski definition) is 1. The van der Waals surface area contributed by atoms with E-state index in [-0.39, 0.29) is 0 Å². The Balaban J connectivity index is 2.24. The minimum absolute atomic E-state index is 0.515. The molecule has 1 fully saturated rings. The molecule has 1 heterocycles. The van der Waals surface area contributed by atoms with E-state index in [1.54, 1.807) is 0 Å². The van der Waals surface area contributed by atoms with E-state index in [0.717, 1.165) is 19.1 Å². The molecule has 1 aliphatic rings. The molecule has 0 aromatic carbocycles. The highest BCUT2D eigenvalue weighted by molar-refractivity contribution is 7.15. The third-order valence-electron chi connectivity index (χ3n) is 3.17. The molecule has 4 heteroatoms. The number of hydrogen-bond acceptors (Lipinski definition) is 4. The van der Waals surface area contributed by atoms with E-state index in [1.807, 2.05) is 18.4 Å².